The fourth-order valence-electron chi connectivity index (χ4n) is 1.18. The van der Waals surface area contributed by atoms with Gasteiger partial charge in [-0.1, -0.05) is 15.9 Å². The number of hydrogen-bond donors (Lipinski definition) is 3. The van der Waals surface area contributed by atoms with Gasteiger partial charge in [0, 0.05) is 15.9 Å². The van der Waals surface area contributed by atoms with Crippen LogP contribution in [0.1, 0.15) is 24.2 Å². The zero-order chi connectivity index (χ0) is 13.9. The lowest BCUT2D eigenvalue weighted by Crippen LogP contribution is -2.42. The highest BCUT2D eigenvalue weighted by Gasteiger charge is 2.25. The molecule has 1 aromatic rings. The molecule has 0 aliphatic rings. The quantitative estimate of drug-likeness (QED) is 0.738. The van der Waals surface area contributed by atoms with Crippen molar-refractivity contribution in [3.63, 3.8) is 0 Å². The zero-order valence-electron chi connectivity index (χ0n) is 10.2. The van der Waals surface area contributed by atoms with Gasteiger partial charge in [-0.05, 0) is 32.0 Å². The Labute approximate surface area is 120 Å². The van der Waals surface area contributed by atoms with E-state index in [9.17, 15) is 9.59 Å². The molecule has 18 heavy (non-hydrogen) atoms. The van der Waals surface area contributed by atoms with Crippen molar-refractivity contribution in [2.45, 2.75) is 18.7 Å². The molecule has 0 aliphatic heterocycles. The Hall–Kier alpha value is -1.01. The van der Waals surface area contributed by atoms with Gasteiger partial charge in [-0.15, -0.1) is 12.6 Å². The number of amides is 2. The lowest BCUT2D eigenvalue weighted by molar-refractivity contribution is -0.125. The van der Waals surface area contributed by atoms with Crippen LogP contribution in [0.4, 0.5) is 0 Å². The van der Waals surface area contributed by atoms with Gasteiger partial charge in [0.15, 0.2) is 0 Å². The normalized spacial score (nSPS) is 11.1. The molecule has 0 saturated heterocycles. The molecule has 3 N–H and O–H groups in total. The predicted molar refractivity (Wildman–Crippen MR) is 76.7 cm³/mol. The van der Waals surface area contributed by atoms with Crippen LogP contribution < -0.4 is 11.1 Å². The molecular weight excluding hydrogens is 316 g/mol. The second kappa shape index (κ2) is 5.75. The van der Waals surface area contributed by atoms with E-state index in [1.165, 1.54) is 0 Å². The molecule has 0 saturated carbocycles. The molecule has 0 spiro atoms. The summed E-state index contributed by atoms with van der Waals surface area (Å²) in [5, 5.41) is 2.68. The highest BCUT2D eigenvalue weighted by molar-refractivity contribution is 9.10. The summed E-state index contributed by atoms with van der Waals surface area (Å²) in [6, 6.07) is 5.16. The van der Waals surface area contributed by atoms with E-state index in [4.69, 9.17) is 5.73 Å². The number of hydrogen-bond acceptors (Lipinski definition) is 3. The number of nitrogens with one attached hydrogen (secondary N) is 1. The van der Waals surface area contributed by atoms with Crippen molar-refractivity contribution < 1.29 is 9.59 Å². The van der Waals surface area contributed by atoms with Crippen molar-refractivity contribution in [2.75, 3.05) is 6.54 Å². The van der Waals surface area contributed by atoms with Gasteiger partial charge in [0.2, 0.25) is 5.91 Å². The summed E-state index contributed by atoms with van der Waals surface area (Å²) in [4.78, 5) is 23.6. The number of rotatable bonds is 4. The number of thiol groups is 1. The Morgan fingerprint density at radius 3 is 2.56 bits per heavy atom. The Balaban J connectivity index is 2.75. The molecule has 0 unspecified atom stereocenters. The average Bonchev–Trinajstić information content (AvgIpc) is 2.25. The lowest BCUT2D eigenvalue weighted by Gasteiger charge is -2.20. The molecule has 6 heteroatoms. The number of halogens is 1. The van der Waals surface area contributed by atoms with Crippen molar-refractivity contribution in [3.05, 3.63) is 28.2 Å². The van der Waals surface area contributed by atoms with Crippen molar-refractivity contribution in [1.82, 2.24) is 5.32 Å². The first kappa shape index (κ1) is 15.0. The van der Waals surface area contributed by atoms with Crippen LogP contribution in [0.25, 0.3) is 0 Å². The van der Waals surface area contributed by atoms with Gasteiger partial charge in [-0.2, -0.15) is 0 Å². The maximum Gasteiger partial charge on any atom is 0.252 e. The first-order valence-electron chi connectivity index (χ1n) is 5.30. The molecule has 2 amide bonds. The molecule has 0 radical (unpaired) electrons. The molecule has 0 aromatic heterocycles. The van der Waals surface area contributed by atoms with E-state index in [1.54, 1.807) is 32.0 Å². The third kappa shape index (κ3) is 3.74. The number of carbonyl (C=O) groups is 2. The van der Waals surface area contributed by atoms with Crippen LogP contribution in [0.5, 0.6) is 0 Å². The molecule has 0 fully saturated rings. The van der Waals surface area contributed by atoms with Gasteiger partial charge in [0.05, 0.1) is 11.0 Å². The smallest absolute Gasteiger partial charge is 0.252 e. The van der Waals surface area contributed by atoms with E-state index >= 15 is 0 Å². The van der Waals surface area contributed by atoms with Gasteiger partial charge in [-0.3, -0.25) is 9.59 Å². The molecule has 0 atom stereocenters. The third-order valence-electron chi connectivity index (χ3n) is 2.56. The van der Waals surface area contributed by atoms with Crippen LogP contribution in [0.2, 0.25) is 0 Å². The van der Waals surface area contributed by atoms with E-state index in [0.29, 0.717) is 10.5 Å². The number of carbonyl (C=O) groups excluding carboxylic acids is 2. The van der Waals surface area contributed by atoms with Gasteiger partial charge < -0.3 is 11.1 Å². The fourth-order valence-corrected chi connectivity index (χ4v) is 2.03. The predicted octanol–water partition coefficient (Wildman–Crippen LogP) is 1.98. The van der Waals surface area contributed by atoms with E-state index in [0.717, 1.165) is 4.47 Å². The topological polar surface area (TPSA) is 72.2 Å². The second-order valence-corrected chi connectivity index (χ2v) is 5.99. The number of benzene rings is 1. The molecule has 0 heterocycles. The standard InChI is InChI=1S/C12H15BrN2O2S/c1-12(2,11(14)17)6-15-10(16)8-4-3-7(13)5-9(8)18/h3-5,18H,6H2,1-2H3,(H2,14,17)(H,15,16). The van der Waals surface area contributed by atoms with Crippen LogP contribution in [-0.2, 0) is 4.79 Å². The summed E-state index contributed by atoms with van der Waals surface area (Å²) in [6.45, 7) is 3.54. The first-order chi connectivity index (χ1) is 8.24. The fraction of sp³-hybridized carbons (Fsp3) is 0.333. The zero-order valence-corrected chi connectivity index (χ0v) is 12.6. The molecule has 1 rings (SSSR count). The molecular formula is C12H15BrN2O2S. The van der Waals surface area contributed by atoms with Crippen LogP contribution in [0, 0.1) is 5.41 Å². The van der Waals surface area contributed by atoms with E-state index in [-0.39, 0.29) is 12.5 Å². The molecule has 0 aliphatic carbocycles. The molecule has 0 bridgehead atoms. The SMILES string of the molecule is CC(C)(CNC(=O)c1ccc(Br)cc1S)C(N)=O. The van der Waals surface area contributed by atoms with Gasteiger partial charge in [-0.25, -0.2) is 0 Å². The maximum absolute atomic E-state index is 11.9. The summed E-state index contributed by atoms with van der Waals surface area (Å²) >= 11 is 7.52. The first-order valence-corrected chi connectivity index (χ1v) is 6.54. The van der Waals surface area contributed by atoms with Gasteiger partial charge >= 0.3 is 0 Å². The minimum atomic E-state index is -0.776. The minimum Gasteiger partial charge on any atom is -0.369 e. The third-order valence-corrected chi connectivity index (χ3v) is 3.43. The van der Waals surface area contributed by atoms with E-state index in [1.807, 2.05) is 0 Å². The largest absolute Gasteiger partial charge is 0.369 e. The lowest BCUT2D eigenvalue weighted by atomic mass is 9.92. The average molecular weight is 331 g/mol. The minimum absolute atomic E-state index is 0.185. The summed E-state index contributed by atoms with van der Waals surface area (Å²) < 4.78 is 0.849. The van der Waals surface area contributed by atoms with E-state index < -0.39 is 11.3 Å². The van der Waals surface area contributed by atoms with Crippen molar-refractivity contribution in [3.8, 4) is 0 Å². The summed E-state index contributed by atoms with van der Waals surface area (Å²) in [6.07, 6.45) is 0. The van der Waals surface area contributed by atoms with E-state index in [2.05, 4.69) is 33.9 Å². The van der Waals surface area contributed by atoms with Crippen molar-refractivity contribution >= 4 is 40.4 Å². The van der Waals surface area contributed by atoms with Crippen LogP contribution >= 0.6 is 28.6 Å². The summed E-state index contributed by atoms with van der Waals surface area (Å²) in [7, 11) is 0. The molecule has 98 valence electrons. The number of primary amides is 1. The molecule has 1 aromatic carbocycles. The number of nitrogens with two attached hydrogens (primary N) is 1. The monoisotopic (exact) mass is 330 g/mol. The Bertz CT molecular complexity index is 489. The van der Waals surface area contributed by atoms with Crippen LogP contribution in [0.15, 0.2) is 27.6 Å². The maximum atomic E-state index is 11.9. The summed E-state index contributed by atoms with van der Waals surface area (Å²) in [5.41, 5.74) is 4.92. The van der Waals surface area contributed by atoms with Crippen molar-refractivity contribution in [1.29, 1.82) is 0 Å². The van der Waals surface area contributed by atoms with Crippen LogP contribution in [-0.4, -0.2) is 18.4 Å². The highest BCUT2D eigenvalue weighted by Crippen LogP contribution is 2.20. The van der Waals surface area contributed by atoms with Crippen LogP contribution in [0.3, 0.4) is 0 Å². The second-order valence-electron chi connectivity index (χ2n) is 4.59. The Morgan fingerprint density at radius 1 is 1.44 bits per heavy atom. The Morgan fingerprint density at radius 2 is 2.06 bits per heavy atom. The van der Waals surface area contributed by atoms with Gasteiger partial charge in [0.25, 0.3) is 5.91 Å². The Kier molecular flexibility index (Phi) is 4.81. The van der Waals surface area contributed by atoms with Gasteiger partial charge in [0.1, 0.15) is 0 Å². The summed E-state index contributed by atoms with van der Waals surface area (Å²) in [5.74, 6) is -0.730. The highest BCUT2D eigenvalue weighted by atomic mass is 79.9. The van der Waals surface area contributed by atoms with Crippen molar-refractivity contribution in [2.24, 2.45) is 11.1 Å². The molecule has 4 nitrogen and oxygen atoms in total.